The molecule has 1 aromatic carbocycles. The van der Waals surface area contributed by atoms with Crippen molar-refractivity contribution in [1.82, 2.24) is 14.7 Å². The van der Waals surface area contributed by atoms with Crippen LogP contribution >= 0.6 is 0 Å². The third-order valence-electron chi connectivity index (χ3n) is 4.58. The highest BCUT2D eigenvalue weighted by Gasteiger charge is 2.30. The maximum atomic E-state index is 12.7. The molecule has 2 amide bonds. The minimum Gasteiger partial charge on any atom is -0.461 e. The lowest BCUT2D eigenvalue weighted by Gasteiger charge is -2.27. The van der Waals surface area contributed by atoms with E-state index in [0.29, 0.717) is 42.4 Å². The Kier molecular flexibility index (Phi) is 4.35. The Morgan fingerprint density at radius 3 is 2.93 bits per heavy atom. The van der Waals surface area contributed by atoms with E-state index in [0.717, 1.165) is 11.3 Å². The molecule has 2 aromatic rings. The number of urea groups is 1. The number of nitrogens with one attached hydrogen (secondary N) is 1. The summed E-state index contributed by atoms with van der Waals surface area (Å²) in [6.07, 6.45) is 0.580. The molecule has 0 saturated carbocycles. The number of aryl methyl sites for hydroxylation is 1. The van der Waals surface area contributed by atoms with E-state index < -0.39 is 5.97 Å². The highest BCUT2D eigenvalue weighted by Crippen LogP contribution is 2.34. The lowest BCUT2D eigenvalue weighted by Crippen LogP contribution is -2.39. The summed E-state index contributed by atoms with van der Waals surface area (Å²) in [5.74, 6) is 0.836. The van der Waals surface area contributed by atoms with Gasteiger partial charge in [0.1, 0.15) is 0 Å². The van der Waals surface area contributed by atoms with Gasteiger partial charge in [0.15, 0.2) is 17.2 Å². The summed E-state index contributed by atoms with van der Waals surface area (Å²) in [6.45, 7) is 3.04. The average molecular weight is 372 g/mol. The Morgan fingerprint density at radius 2 is 2.11 bits per heavy atom. The second-order valence-corrected chi connectivity index (χ2v) is 6.29. The van der Waals surface area contributed by atoms with E-state index >= 15 is 0 Å². The molecule has 27 heavy (non-hydrogen) atoms. The van der Waals surface area contributed by atoms with Crippen LogP contribution in [-0.2, 0) is 24.8 Å². The molecule has 2 aliphatic rings. The lowest BCUT2D eigenvalue weighted by atomic mass is 10.1. The molecule has 3 heterocycles. The molecular weight excluding hydrogens is 352 g/mol. The van der Waals surface area contributed by atoms with Crippen molar-refractivity contribution in [2.24, 2.45) is 7.05 Å². The van der Waals surface area contributed by atoms with E-state index in [1.807, 2.05) is 0 Å². The largest absolute Gasteiger partial charge is 0.461 e. The van der Waals surface area contributed by atoms with Crippen LogP contribution in [0.2, 0.25) is 0 Å². The fraction of sp³-hybridized carbons (Fsp3) is 0.389. The van der Waals surface area contributed by atoms with Gasteiger partial charge in [-0.2, -0.15) is 5.10 Å². The first-order chi connectivity index (χ1) is 13.1. The van der Waals surface area contributed by atoms with E-state index in [1.165, 1.54) is 4.68 Å². The van der Waals surface area contributed by atoms with Crippen molar-refractivity contribution in [3.63, 3.8) is 0 Å². The lowest BCUT2D eigenvalue weighted by molar-refractivity contribution is 0.0511. The second kappa shape index (κ2) is 6.82. The molecular formula is C18H20N4O5. The zero-order chi connectivity index (χ0) is 19.0. The van der Waals surface area contributed by atoms with E-state index in [-0.39, 0.29) is 19.4 Å². The fourth-order valence-electron chi connectivity index (χ4n) is 3.31. The van der Waals surface area contributed by atoms with Gasteiger partial charge >= 0.3 is 12.0 Å². The summed E-state index contributed by atoms with van der Waals surface area (Å²) in [4.78, 5) is 26.6. The van der Waals surface area contributed by atoms with E-state index in [4.69, 9.17) is 14.2 Å². The predicted octanol–water partition coefficient (Wildman–Crippen LogP) is 1.92. The Balaban J connectivity index is 1.50. The number of hydrogen-bond donors (Lipinski definition) is 1. The number of aromatic nitrogens is 2. The summed E-state index contributed by atoms with van der Waals surface area (Å²) in [5, 5.41) is 7.26. The Morgan fingerprint density at radius 1 is 1.30 bits per heavy atom. The molecule has 0 aliphatic carbocycles. The average Bonchev–Trinajstić information content (AvgIpc) is 3.23. The summed E-state index contributed by atoms with van der Waals surface area (Å²) in [7, 11) is 1.71. The number of carbonyl (C=O) groups is 2. The van der Waals surface area contributed by atoms with E-state index in [1.54, 1.807) is 37.1 Å². The van der Waals surface area contributed by atoms with Crippen molar-refractivity contribution >= 4 is 17.7 Å². The number of carbonyl (C=O) groups excluding carboxylic acids is 2. The Bertz CT molecular complexity index is 907. The molecule has 1 aromatic heterocycles. The van der Waals surface area contributed by atoms with Crippen molar-refractivity contribution in [3.05, 3.63) is 35.2 Å². The van der Waals surface area contributed by atoms with Gasteiger partial charge in [0.2, 0.25) is 6.79 Å². The normalized spacial score (nSPS) is 14.7. The number of hydrogen-bond acceptors (Lipinski definition) is 6. The van der Waals surface area contributed by atoms with E-state index in [9.17, 15) is 9.59 Å². The zero-order valence-electron chi connectivity index (χ0n) is 15.2. The molecule has 0 saturated heterocycles. The predicted molar refractivity (Wildman–Crippen MR) is 94.9 cm³/mol. The van der Waals surface area contributed by atoms with Crippen LogP contribution in [0.3, 0.4) is 0 Å². The second-order valence-electron chi connectivity index (χ2n) is 6.29. The minimum atomic E-state index is -0.424. The maximum Gasteiger partial charge on any atom is 0.356 e. The van der Waals surface area contributed by atoms with Crippen LogP contribution in [0.1, 0.15) is 28.7 Å². The van der Waals surface area contributed by atoms with Gasteiger partial charge in [0.25, 0.3) is 0 Å². The summed E-state index contributed by atoms with van der Waals surface area (Å²) < 4.78 is 17.3. The van der Waals surface area contributed by atoms with E-state index in [2.05, 4.69) is 10.4 Å². The van der Waals surface area contributed by atoms with Gasteiger partial charge in [-0.05, 0) is 19.1 Å². The fourth-order valence-corrected chi connectivity index (χ4v) is 3.31. The van der Waals surface area contributed by atoms with Crippen molar-refractivity contribution in [3.8, 4) is 11.5 Å². The molecule has 0 radical (unpaired) electrons. The number of rotatable bonds is 3. The van der Waals surface area contributed by atoms with Crippen LogP contribution in [0.15, 0.2) is 18.2 Å². The molecule has 0 bridgehead atoms. The summed E-state index contributed by atoms with van der Waals surface area (Å²) in [5.41, 5.74) is 2.58. The number of ether oxygens (including phenoxy) is 3. The minimum absolute atomic E-state index is 0.180. The SMILES string of the molecule is CCOC(=O)c1c2c(nn1C)CCN(C(=O)Nc1ccc3c(c1)OCO3)C2. The number of esters is 1. The van der Waals surface area contributed by atoms with Crippen LogP contribution in [0.5, 0.6) is 11.5 Å². The standard InChI is InChI=1S/C18H20N4O5/c1-3-25-17(23)16-12-9-22(7-6-13(12)20-21(16)2)18(24)19-11-4-5-14-15(8-11)27-10-26-14/h4-5,8H,3,6-7,9-10H2,1-2H3,(H,19,24). The third kappa shape index (κ3) is 3.16. The van der Waals surface area contributed by atoms with Gasteiger partial charge in [-0.15, -0.1) is 0 Å². The number of nitrogens with zero attached hydrogens (tertiary/aromatic N) is 3. The van der Waals surface area contributed by atoms with Gasteiger partial charge in [-0.1, -0.05) is 0 Å². The number of amides is 2. The van der Waals surface area contributed by atoms with Gasteiger partial charge in [-0.3, -0.25) is 4.68 Å². The maximum absolute atomic E-state index is 12.7. The molecule has 0 unspecified atom stereocenters. The highest BCUT2D eigenvalue weighted by molar-refractivity contribution is 5.92. The van der Waals surface area contributed by atoms with Crippen LogP contribution in [0, 0.1) is 0 Å². The van der Waals surface area contributed by atoms with Gasteiger partial charge in [0.05, 0.1) is 18.8 Å². The Labute approximate surface area is 155 Å². The quantitative estimate of drug-likeness (QED) is 0.827. The monoisotopic (exact) mass is 372 g/mol. The van der Waals surface area contributed by atoms with Crippen molar-refractivity contribution < 1.29 is 23.8 Å². The first-order valence-corrected chi connectivity index (χ1v) is 8.74. The molecule has 9 nitrogen and oxygen atoms in total. The molecule has 142 valence electrons. The van der Waals surface area contributed by atoms with Crippen molar-refractivity contribution in [2.45, 2.75) is 19.9 Å². The zero-order valence-corrected chi connectivity index (χ0v) is 15.2. The molecule has 9 heteroatoms. The van der Waals surface area contributed by atoms with Crippen LogP contribution in [0.4, 0.5) is 10.5 Å². The van der Waals surface area contributed by atoms with Crippen LogP contribution in [-0.4, -0.2) is 46.6 Å². The van der Waals surface area contributed by atoms with Gasteiger partial charge in [0, 0.05) is 37.3 Å². The van der Waals surface area contributed by atoms with Crippen molar-refractivity contribution in [2.75, 3.05) is 25.3 Å². The number of anilines is 1. The Hall–Kier alpha value is -3.23. The summed E-state index contributed by atoms with van der Waals surface area (Å²) in [6, 6.07) is 4.99. The molecule has 0 atom stereocenters. The first-order valence-electron chi connectivity index (χ1n) is 8.74. The van der Waals surface area contributed by atoms with Gasteiger partial charge in [-0.25, -0.2) is 9.59 Å². The molecule has 2 aliphatic heterocycles. The molecule has 1 N–H and O–H groups in total. The highest BCUT2D eigenvalue weighted by atomic mass is 16.7. The van der Waals surface area contributed by atoms with Crippen molar-refractivity contribution in [1.29, 1.82) is 0 Å². The third-order valence-corrected chi connectivity index (χ3v) is 4.58. The van der Waals surface area contributed by atoms with Gasteiger partial charge < -0.3 is 24.4 Å². The van der Waals surface area contributed by atoms with Crippen LogP contribution < -0.4 is 14.8 Å². The summed E-state index contributed by atoms with van der Waals surface area (Å²) >= 11 is 0. The van der Waals surface area contributed by atoms with Crippen LogP contribution in [0.25, 0.3) is 0 Å². The number of benzene rings is 1. The molecule has 4 rings (SSSR count). The smallest absolute Gasteiger partial charge is 0.356 e. The number of fused-ring (bicyclic) bond motifs is 2. The molecule has 0 spiro atoms. The topological polar surface area (TPSA) is 94.9 Å². The molecule has 0 fully saturated rings. The first kappa shape index (κ1) is 17.2.